The molecule has 0 saturated heterocycles. The quantitative estimate of drug-likeness (QED) is 0.540. The van der Waals surface area contributed by atoms with Gasteiger partial charge in [0.05, 0.1) is 16.6 Å². The molecule has 2 aromatic heterocycles. The molecule has 0 fully saturated rings. The van der Waals surface area contributed by atoms with Crippen molar-refractivity contribution >= 4 is 33.8 Å². The molecule has 1 aromatic carbocycles. The van der Waals surface area contributed by atoms with Gasteiger partial charge >= 0.3 is 6.03 Å². The van der Waals surface area contributed by atoms with Crippen molar-refractivity contribution in [3.8, 4) is 0 Å². The number of para-hydroxylation sites is 1. The molecule has 29 heavy (non-hydrogen) atoms. The monoisotopic (exact) mass is 398 g/mol. The molecule has 0 unspecified atom stereocenters. The molecule has 2 amide bonds. The number of ether oxygens (including phenoxy) is 1. The molecule has 3 aromatic rings. The predicted octanol–water partition coefficient (Wildman–Crippen LogP) is 3.15. The number of hydrogen-bond acceptors (Lipinski definition) is 5. The summed E-state index contributed by atoms with van der Waals surface area (Å²) in [5, 5.41) is 6.78. The average molecular weight is 399 g/mol. The highest BCUT2D eigenvalue weighted by Gasteiger charge is 2.29. The van der Waals surface area contributed by atoms with Crippen LogP contribution in [0.4, 0.5) is 10.6 Å². The van der Waals surface area contributed by atoms with Crippen LogP contribution in [0, 0.1) is 0 Å². The summed E-state index contributed by atoms with van der Waals surface area (Å²) in [4.78, 5) is 21.4. The van der Waals surface area contributed by atoms with Gasteiger partial charge in [-0.15, -0.1) is 0 Å². The van der Waals surface area contributed by atoms with E-state index in [2.05, 4.69) is 34.0 Å². The molecule has 0 bridgehead atoms. The fourth-order valence-corrected chi connectivity index (χ4v) is 3.47. The molecular formula is C21H30N6O2. The maximum absolute atomic E-state index is 12.1. The lowest BCUT2D eigenvalue weighted by molar-refractivity contribution is 0.121. The molecule has 3 rings (SSSR count). The normalized spacial score (nSPS) is 11.9. The second-order valence-corrected chi connectivity index (χ2v) is 7.63. The lowest BCUT2D eigenvalue weighted by atomic mass is 10.0. The number of benzene rings is 1. The predicted molar refractivity (Wildman–Crippen MR) is 116 cm³/mol. The number of nitrogens with one attached hydrogen (secondary N) is 2. The maximum atomic E-state index is 12.1. The SMILES string of the molecule is CCCNC(=O)NCC(C)(C)n1c(COCC)nc2c(N)nc3ccccc3c21. The second-order valence-electron chi connectivity index (χ2n) is 7.63. The molecule has 0 aliphatic carbocycles. The number of imidazole rings is 1. The number of amides is 2. The van der Waals surface area contributed by atoms with Crippen molar-refractivity contribution in [3.63, 3.8) is 0 Å². The number of nitrogens with two attached hydrogens (primary N) is 1. The highest BCUT2D eigenvalue weighted by molar-refractivity contribution is 6.06. The van der Waals surface area contributed by atoms with Crippen molar-refractivity contribution in [1.82, 2.24) is 25.2 Å². The number of rotatable bonds is 8. The lowest BCUT2D eigenvalue weighted by Crippen LogP contribution is -2.45. The number of nitrogen functional groups attached to an aromatic ring is 1. The molecule has 0 spiro atoms. The van der Waals surface area contributed by atoms with Gasteiger partial charge in [-0.3, -0.25) is 0 Å². The zero-order chi connectivity index (χ0) is 21.0. The minimum absolute atomic E-state index is 0.179. The molecule has 4 N–H and O–H groups in total. The molecule has 0 saturated carbocycles. The van der Waals surface area contributed by atoms with E-state index in [1.54, 1.807) is 0 Å². The molecule has 156 valence electrons. The van der Waals surface area contributed by atoms with Gasteiger partial charge in [-0.25, -0.2) is 14.8 Å². The Morgan fingerprint density at radius 3 is 2.69 bits per heavy atom. The zero-order valence-electron chi connectivity index (χ0n) is 17.6. The first-order valence-electron chi connectivity index (χ1n) is 10.0. The fourth-order valence-electron chi connectivity index (χ4n) is 3.47. The van der Waals surface area contributed by atoms with E-state index in [0.717, 1.165) is 28.7 Å². The summed E-state index contributed by atoms with van der Waals surface area (Å²) >= 11 is 0. The minimum Gasteiger partial charge on any atom is -0.382 e. The van der Waals surface area contributed by atoms with Gasteiger partial charge in [-0.05, 0) is 33.3 Å². The molecule has 8 heteroatoms. The van der Waals surface area contributed by atoms with Gasteiger partial charge in [-0.1, -0.05) is 25.1 Å². The molecule has 8 nitrogen and oxygen atoms in total. The maximum Gasteiger partial charge on any atom is 0.314 e. The van der Waals surface area contributed by atoms with Crippen molar-refractivity contribution < 1.29 is 9.53 Å². The van der Waals surface area contributed by atoms with E-state index >= 15 is 0 Å². The van der Waals surface area contributed by atoms with E-state index in [4.69, 9.17) is 15.5 Å². The van der Waals surface area contributed by atoms with Crippen LogP contribution in [-0.2, 0) is 16.9 Å². The van der Waals surface area contributed by atoms with Gasteiger partial charge < -0.3 is 25.7 Å². The average Bonchev–Trinajstić information content (AvgIpc) is 3.10. The van der Waals surface area contributed by atoms with Crippen molar-refractivity contribution in [2.24, 2.45) is 0 Å². The number of nitrogens with zero attached hydrogens (tertiary/aromatic N) is 3. The fraction of sp³-hybridized carbons (Fsp3) is 0.476. The summed E-state index contributed by atoms with van der Waals surface area (Å²) in [5.74, 6) is 1.15. The smallest absolute Gasteiger partial charge is 0.314 e. The number of urea groups is 1. The van der Waals surface area contributed by atoms with Crippen molar-refractivity contribution in [1.29, 1.82) is 0 Å². The van der Waals surface area contributed by atoms with Crippen LogP contribution in [-0.4, -0.2) is 40.3 Å². The third-order valence-corrected chi connectivity index (χ3v) is 4.85. The third kappa shape index (κ3) is 4.27. The summed E-state index contributed by atoms with van der Waals surface area (Å²) in [6.45, 7) is 10.1. The first-order chi connectivity index (χ1) is 13.9. The Morgan fingerprint density at radius 1 is 1.21 bits per heavy atom. The molecule has 0 aliphatic heterocycles. The lowest BCUT2D eigenvalue weighted by Gasteiger charge is -2.30. The standard InChI is InChI=1S/C21H30N6O2/c1-5-11-23-20(28)24-13-21(3,4)27-16(12-29-6-2)26-17-18(27)14-9-7-8-10-15(14)25-19(17)22/h7-10H,5-6,11-13H2,1-4H3,(H2,22,25)(H2,23,24,28). The van der Waals surface area contributed by atoms with Crippen LogP contribution in [0.1, 0.15) is 39.9 Å². The summed E-state index contributed by atoms with van der Waals surface area (Å²) in [6, 6.07) is 7.69. The van der Waals surface area contributed by atoms with E-state index < -0.39 is 5.54 Å². The van der Waals surface area contributed by atoms with Crippen LogP contribution >= 0.6 is 0 Å². The van der Waals surface area contributed by atoms with Gasteiger partial charge in [0.1, 0.15) is 17.9 Å². The van der Waals surface area contributed by atoms with E-state index in [-0.39, 0.29) is 6.03 Å². The topological polar surface area (TPSA) is 107 Å². The van der Waals surface area contributed by atoms with Gasteiger partial charge in [0.15, 0.2) is 5.82 Å². The summed E-state index contributed by atoms with van der Waals surface area (Å²) in [7, 11) is 0. The number of aromatic nitrogens is 3. The third-order valence-electron chi connectivity index (χ3n) is 4.85. The largest absolute Gasteiger partial charge is 0.382 e. The Hall–Kier alpha value is -2.87. The van der Waals surface area contributed by atoms with Gasteiger partial charge in [0.2, 0.25) is 0 Å². The number of hydrogen-bond donors (Lipinski definition) is 3. The number of carbonyl (C=O) groups excluding carboxylic acids is 1. The van der Waals surface area contributed by atoms with E-state index in [0.29, 0.717) is 37.6 Å². The minimum atomic E-state index is -0.471. The van der Waals surface area contributed by atoms with Gasteiger partial charge in [-0.2, -0.15) is 0 Å². The van der Waals surface area contributed by atoms with Crippen LogP contribution in [0.2, 0.25) is 0 Å². The number of anilines is 1. The highest BCUT2D eigenvalue weighted by Crippen LogP contribution is 2.33. The number of fused-ring (bicyclic) bond motifs is 3. The molecule has 0 radical (unpaired) electrons. The van der Waals surface area contributed by atoms with Crippen LogP contribution in [0.25, 0.3) is 21.9 Å². The van der Waals surface area contributed by atoms with Crippen LogP contribution < -0.4 is 16.4 Å². The van der Waals surface area contributed by atoms with E-state index in [9.17, 15) is 4.79 Å². The van der Waals surface area contributed by atoms with E-state index in [1.165, 1.54) is 0 Å². The van der Waals surface area contributed by atoms with Crippen molar-refractivity contribution in [3.05, 3.63) is 30.1 Å². The zero-order valence-corrected chi connectivity index (χ0v) is 17.6. The van der Waals surface area contributed by atoms with Gasteiger partial charge in [0, 0.05) is 25.1 Å². The van der Waals surface area contributed by atoms with Crippen LogP contribution in [0.5, 0.6) is 0 Å². The van der Waals surface area contributed by atoms with E-state index in [1.807, 2.05) is 38.1 Å². The Balaban J connectivity index is 2.11. The summed E-state index contributed by atoms with van der Waals surface area (Å²) in [6.07, 6.45) is 0.889. The molecule has 0 aliphatic rings. The van der Waals surface area contributed by atoms with Gasteiger partial charge in [0.25, 0.3) is 0 Å². The Bertz CT molecular complexity index is 1010. The first-order valence-corrected chi connectivity index (χ1v) is 10.0. The Labute approximate surface area is 170 Å². The molecule has 0 atom stereocenters. The van der Waals surface area contributed by atoms with Crippen molar-refractivity contribution in [2.45, 2.75) is 46.3 Å². The Kier molecular flexibility index (Phi) is 6.22. The molecular weight excluding hydrogens is 368 g/mol. The first kappa shape index (κ1) is 20.9. The summed E-state index contributed by atoms with van der Waals surface area (Å²) in [5.41, 5.74) is 8.15. The number of carbonyl (C=O) groups is 1. The van der Waals surface area contributed by atoms with Crippen molar-refractivity contribution in [2.75, 3.05) is 25.4 Å². The second kappa shape index (κ2) is 8.65. The van der Waals surface area contributed by atoms with Crippen LogP contribution in [0.15, 0.2) is 24.3 Å². The van der Waals surface area contributed by atoms with Crippen LogP contribution in [0.3, 0.4) is 0 Å². The Morgan fingerprint density at radius 2 is 1.97 bits per heavy atom. The highest BCUT2D eigenvalue weighted by atomic mass is 16.5. The number of pyridine rings is 1. The summed E-state index contributed by atoms with van der Waals surface area (Å²) < 4.78 is 7.79. The molecule has 2 heterocycles.